The molecular formula is C64H112O6. The minimum absolute atomic E-state index is 0.0852. The Labute approximate surface area is 433 Å². The lowest BCUT2D eigenvalue weighted by Crippen LogP contribution is -2.30. The van der Waals surface area contributed by atoms with Crippen molar-refractivity contribution >= 4 is 17.9 Å². The first-order chi connectivity index (χ1) is 34.5. The third-order valence-electron chi connectivity index (χ3n) is 12.9. The number of hydrogen-bond acceptors (Lipinski definition) is 6. The summed E-state index contributed by atoms with van der Waals surface area (Å²) in [4.78, 5) is 38.2. The van der Waals surface area contributed by atoms with Crippen LogP contribution < -0.4 is 0 Å². The third-order valence-corrected chi connectivity index (χ3v) is 12.9. The van der Waals surface area contributed by atoms with Crippen LogP contribution in [0.5, 0.6) is 0 Å². The number of esters is 3. The molecule has 0 saturated carbocycles. The van der Waals surface area contributed by atoms with Crippen molar-refractivity contribution in [1.82, 2.24) is 0 Å². The van der Waals surface area contributed by atoms with Crippen LogP contribution in [-0.4, -0.2) is 37.2 Å². The summed E-state index contributed by atoms with van der Waals surface area (Å²) in [6, 6.07) is 0. The molecule has 0 rings (SSSR count). The molecule has 0 bridgehead atoms. The minimum atomic E-state index is -0.790. The zero-order valence-corrected chi connectivity index (χ0v) is 46.3. The van der Waals surface area contributed by atoms with Crippen molar-refractivity contribution in [2.45, 2.75) is 303 Å². The van der Waals surface area contributed by atoms with Gasteiger partial charge in [0.25, 0.3) is 0 Å². The van der Waals surface area contributed by atoms with Crippen LogP contribution >= 0.6 is 0 Å². The van der Waals surface area contributed by atoms with Gasteiger partial charge in [-0.25, -0.2) is 0 Å². The lowest BCUT2D eigenvalue weighted by molar-refractivity contribution is -0.167. The Kier molecular flexibility index (Phi) is 55.8. The van der Waals surface area contributed by atoms with Gasteiger partial charge in [-0.2, -0.15) is 0 Å². The zero-order valence-electron chi connectivity index (χ0n) is 46.3. The van der Waals surface area contributed by atoms with Crippen LogP contribution in [0.3, 0.4) is 0 Å². The molecule has 0 aliphatic carbocycles. The molecule has 0 aromatic carbocycles. The van der Waals surface area contributed by atoms with Crippen molar-refractivity contribution in [3.05, 3.63) is 72.9 Å². The van der Waals surface area contributed by atoms with Gasteiger partial charge in [0, 0.05) is 19.3 Å². The van der Waals surface area contributed by atoms with Crippen LogP contribution in [0.15, 0.2) is 72.9 Å². The molecule has 0 N–H and O–H groups in total. The van der Waals surface area contributed by atoms with Crippen molar-refractivity contribution < 1.29 is 28.6 Å². The predicted octanol–water partition coefficient (Wildman–Crippen LogP) is 20.2. The molecule has 0 radical (unpaired) electrons. The highest BCUT2D eigenvalue weighted by molar-refractivity contribution is 5.71. The van der Waals surface area contributed by atoms with Crippen molar-refractivity contribution in [3.8, 4) is 0 Å². The highest BCUT2D eigenvalue weighted by atomic mass is 16.6. The minimum Gasteiger partial charge on any atom is -0.462 e. The van der Waals surface area contributed by atoms with Crippen LogP contribution in [0.1, 0.15) is 297 Å². The maximum atomic E-state index is 12.9. The Balaban J connectivity index is 4.42. The van der Waals surface area contributed by atoms with Crippen molar-refractivity contribution in [3.63, 3.8) is 0 Å². The normalized spacial score (nSPS) is 12.6. The summed E-state index contributed by atoms with van der Waals surface area (Å²) in [5.41, 5.74) is 0. The number of rotatable bonds is 54. The number of unbranched alkanes of at least 4 members (excludes halogenated alkanes) is 31. The summed E-state index contributed by atoms with van der Waals surface area (Å²) in [6.07, 6.45) is 74.6. The molecule has 0 spiro atoms. The quantitative estimate of drug-likeness (QED) is 0.0261. The number of hydrogen-bond donors (Lipinski definition) is 0. The van der Waals surface area contributed by atoms with E-state index in [0.29, 0.717) is 19.3 Å². The molecule has 404 valence electrons. The average molecular weight is 978 g/mol. The Morgan fingerprint density at radius 1 is 0.300 bits per heavy atom. The van der Waals surface area contributed by atoms with Crippen LogP contribution in [0, 0.1) is 0 Å². The van der Waals surface area contributed by atoms with Crippen LogP contribution in [-0.2, 0) is 28.6 Å². The molecule has 0 aliphatic rings. The summed E-state index contributed by atoms with van der Waals surface area (Å²) >= 11 is 0. The second-order valence-electron chi connectivity index (χ2n) is 19.9. The Bertz CT molecular complexity index is 1310. The van der Waals surface area contributed by atoms with E-state index in [0.717, 1.165) is 96.3 Å². The maximum absolute atomic E-state index is 12.9. The van der Waals surface area contributed by atoms with Gasteiger partial charge in [-0.1, -0.05) is 261 Å². The SMILES string of the molecule is CC/C=C\C/C=C\C/C=C\C/C=C\C/C=C\CCCCCC(=O)OCC(COC(=O)CCCCCCCCCCCCCCCC)OC(=O)CCCCCCCCC/C=C\CCCCCCCCCC. The molecular weight excluding hydrogens is 865 g/mol. The van der Waals surface area contributed by atoms with E-state index in [1.807, 2.05) is 0 Å². The molecule has 0 aromatic rings. The van der Waals surface area contributed by atoms with E-state index in [-0.39, 0.29) is 31.1 Å². The van der Waals surface area contributed by atoms with Crippen molar-refractivity contribution in [1.29, 1.82) is 0 Å². The highest BCUT2D eigenvalue weighted by Crippen LogP contribution is 2.16. The van der Waals surface area contributed by atoms with Gasteiger partial charge in [-0.3, -0.25) is 14.4 Å². The lowest BCUT2D eigenvalue weighted by Gasteiger charge is -2.18. The fourth-order valence-corrected chi connectivity index (χ4v) is 8.47. The Hall–Kier alpha value is -3.15. The topological polar surface area (TPSA) is 78.9 Å². The molecule has 0 saturated heterocycles. The summed E-state index contributed by atoms with van der Waals surface area (Å²) in [5, 5.41) is 0. The maximum Gasteiger partial charge on any atom is 0.306 e. The predicted molar refractivity (Wildman–Crippen MR) is 302 cm³/mol. The molecule has 1 atom stereocenters. The Morgan fingerprint density at radius 2 is 0.557 bits per heavy atom. The van der Waals surface area contributed by atoms with E-state index in [4.69, 9.17) is 14.2 Å². The van der Waals surface area contributed by atoms with Crippen molar-refractivity contribution in [2.75, 3.05) is 13.2 Å². The smallest absolute Gasteiger partial charge is 0.306 e. The number of allylic oxidation sites excluding steroid dienone is 12. The van der Waals surface area contributed by atoms with Crippen LogP contribution in [0.25, 0.3) is 0 Å². The van der Waals surface area contributed by atoms with Gasteiger partial charge in [0.2, 0.25) is 0 Å². The summed E-state index contributed by atoms with van der Waals surface area (Å²) in [5.74, 6) is -0.911. The van der Waals surface area contributed by atoms with Gasteiger partial charge >= 0.3 is 17.9 Å². The van der Waals surface area contributed by atoms with Gasteiger partial charge < -0.3 is 14.2 Å². The molecule has 0 heterocycles. The largest absolute Gasteiger partial charge is 0.462 e. The van der Waals surface area contributed by atoms with Gasteiger partial charge in [-0.05, 0) is 89.9 Å². The molecule has 70 heavy (non-hydrogen) atoms. The Morgan fingerprint density at radius 3 is 0.900 bits per heavy atom. The zero-order chi connectivity index (χ0) is 50.7. The van der Waals surface area contributed by atoms with E-state index >= 15 is 0 Å². The highest BCUT2D eigenvalue weighted by Gasteiger charge is 2.19. The monoisotopic (exact) mass is 977 g/mol. The first-order valence-corrected chi connectivity index (χ1v) is 29.9. The van der Waals surface area contributed by atoms with Gasteiger partial charge in [-0.15, -0.1) is 0 Å². The molecule has 0 aromatic heterocycles. The number of carbonyl (C=O) groups is 3. The van der Waals surface area contributed by atoms with Gasteiger partial charge in [0.05, 0.1) is 0 Å². The fraction of sp³-hybridized carbons (Fsp3) is 0.766. The molecule has 0 fully saturated rings. The summed E-state index contributed by atoms with van der Waals surface area (Å²) in [6.45, 7) is 6.52. The standard InChI is InChI=1S/C64H112O6/c1-4-7-10-13-16-19-22-25-28-30-32-34-36-39-42-45-48-51-54-57-63(66)69-60-61(59-68-62(65)56-53-50-47-44-41-38-27-24-21-18-15-12-9-6-3)70-64(67)58-55-52-49-46-43-40-37-35-33-31-29-26-23-20-17-14-11-8-5-2/h7,10,16,19,25,28,31-34,39,42,61H,4-6,8-9,11-15,17-18,20-24,26-27,29-30,35-38,40-41,43-60H2,1-3H3/b10-7-,19-16-,28-25-,33-31-,34-32-,42-39-. The first kappa shape index (κ1) is 66.9. The summed E-state index contributed by atoms with van der Waals surface area (Å²) < 4.78 is 16.9. The molecule has 0 amide bonds. The first-order valence-electron chi connectivity index (χ1n) is 29.9. The average Bonchev–Trinajstić information content (AvgIpc) is 3.36. The van der Waals surface area contributed by atoms with Crippen molar-refractivity contribution in [2.24, 2.45) is 0 Å². The molecule has 6 nitrogen and oxygen atoms in total. The molecule has 6 heteroatoms. The number of ether oxygens (including phenoxy) is 3. The van der Waals surface area contributed by atoms with Crippen LogP contribution in [0.4, 0.5) is 0 Å². The van der Waals surface area contributed by atoms with Gasteiger partial charge in [0.15, 0.2) is 6.10 Å². The third kappa shape index (κ3) is 55.8. The lowest BCUT2D eigenvalue weighted by atomic mass is 10.0. The van der Waals surface area contributed by atoms with E-state index in [1.165, 1.54) is 161 Å². The molecule has 1 unspecified atom stereocenters. The second-order valence-corrected chi connectivity index (χ2v) is 19.9. The number of carbonyl (C=O) groups excluding carboxylic acids is 3. The fourth-order valence-electron chi connectivity index (χ4n) is 8.47. The summed E-state index contributed by atoms with van der Waals surface area (Å²) in [7, 11) is 0. The molecule has 0 aliphatic heterocycles. The van der Waals surface area contributed by atoms with E-state index in [2.05, 4.69) is 93.7 Å². The van der Waals surface area contributed by atoms with Crippen LogP contribution in [0.2, 0.25) is 0 Å². The van der Waals surface area contributed by atoms with Gasteiger partial charge in [0.1, 0.15) is 13.2 Å². The van der Waals surface area contributed by atoms with E-state index in [1.54, 1.807) is 0 Å². The van der Waals surface area contributed by atoms with E-state index in [9.17, 15) is 14.4 Å². The second kappa shape index (κ2) is 58.4. The van der Waals surface area contributed by atoms with E-state index < -0.39 is 6.10 Å².